The van der Waals surface area contributed by atoms with Crippen LogP contribution in [-0.4, -0.2) is 4.37 Å². The molecule has 0 spiro atoms. The van der Waals surface area contributed by atoms with Gasteiger partial charge in [-0.2, -0.15) is 4.37 Å². The monoisotopic (exact) mass is 125 g/mol. The summed E-state index contributed by atoms with van der Waals surface area (Å²) in [5.74, 6) is 0. The van der Waals surface area contributed by atoms with Crippen LogP contribution < -0.4 is 0 Å². The third-order valence-corrected chi connectivity index (χ3v) is 1.72. The molecule has 0 N–H and O–H groups in total. The van der Waals surface area contributed by atoms with Crippen LogP contribution in [-0.2, 0) is 0 Å². The summed E-state index contributed by atoms with van der Waals surface area (Å²) < 4.78 is 10.0. The van der Waals surface area contributed by atoms with Gasteiger partial charge in [0.15, 0.2) is 5.58 Å². The van der Waals surface area contributed by atoms with Gasteiger partial charge in [-0.05, 0) is 17.6 Å². The molecule has 0 bridgehead atoms. The zero-order chi connectivity index (χ0) is 5.40. The van der Waals surface area contributed by atoms with E-state index in [9.17, 15) is 0 Å². The first-order valence-electron chi connectivity index (χ1n) is 2.25. The van der Waals surface area contributed by atoms with E-state index in [1.54, 1.807) is 12.5 Å². The van der Waals surface area contributed by atoms with Gasteiger partial charge in [-0.1, -0.05) is 0 Å². The van der Waals surface area contributed by atoms with E-state index in [-0.39, 0.29) is 0 Å². The molecule has 0 unspecified atom stereocenters. The molecule has 2 rings (SSSR count). The molecular weight excluding hydrogens is 122 g/mol. The van der Waals surface area contributed by atoms with Gasteiger partial charge in [0.1, 0.15) is 0 Å². The van der Waals surface area contributed by atoms with E-state index >= 15 is 0 Å². The van der Waals surface area contributed by atoms with Crippen molar-refractivity contribution in [3.05, 3.63) is 18.5 Å². The smallest absolute Gasteiger partial charge is 0.164 e. The maximum absolute atomic E-state index is 5.01. The Bertz CT molecular complexity index is 234. The SMILES string of the molecule is c1cc2sncc2o1. The van der Waals surface area contributed by atoms with Crippen molar-refractivity contribution in [2.45, 2.75) is 0 Å². The van der Waals surface area contributed by atoms with Crippen LogP contribution in [0.4, 0.5) is 0 Å². The summed E-state index contributed by atoms with van der Waals surface area (Å²) in [7, 11) is 0. The Balaban J connectivity index is 3.06. The molecule has 0 aliphatic heterocycles. The zero-order valence-electron chi connectivity index (χ0n) is 4.00. The maximum atomic E-state index is 5.01. The quantitative estimate of drug-likeness (QED) is 0.537. The molecule has 2 nitrogen and oxygen atoms in total. The second-order valence-corrected chi connectivity index (χ2v) is 2.31. The fraction of sp³-hybridized carbons (Fsp3) is 0. The highest BCUT2D eigenvalue weighted by molar-refractivity contribution is 7.13. The summed E-state index contributed by atoms with van der Waals surface area (Å²) >= 11 is 1.45. The first kappa shape index (κ1) is 4.09. The van der Waals surface area contributed by atoms with Gasteiger partial charge in [-0.3, -0.25) is 0 Å². The van der Waals surface area contributed by atoms with E-state index in [4.69, 9.17) is 4.42 Å². The van der Waals surface area contributed by atoms with Crippen LogP contribution in [0.1, 0.15) is 0 Å². The largest absolute Gasteiger partial charge is 0.462 e. The number of hydrogen-bond donors (Lipinski definition) is 0. The molecule has 0 aliphatic carbocycles. The second kappa shape index (κ2) is 1.32. The summed E-state index contributed by atoms with van der Waals surface area (Å²) in [6.45, 7) is 0. The van der Waals surface area contributed by atoms with Crippen molar-refractivity contribution in [2.75, 3.05) is 0 Å². The normalized spacial score (nSPS) is 10.5. The predicted octanol–water partition coefficient (Wildman–Crippen LogP) is 1.89. The minimum atomic E-state index is 0.884. The van der Waals surface area contributed by atoms with Gasteiger partial charge in [0.05, 0.1) is 17.2 Å². The molecule has 0 amide bonds. The maximum Gasteiger partial charge on any atom is 0.164 e. The summed E-state index contributed by atoms with van der Waals surface area (Å²) in [5.41, 5.74) is 0.884. The number of hydrogen-bond acceptors (Lipinski definition) is 3. The highest BCUT2D eigenvalue weighted by Gasteiger charge is 1.94. The highest BCUT2D eigenvalue weighted by Crippen LogP contribution is 2.17. The number of aromatic nitrogens is 1. The zero-order valence-corrected chi connectivity index (χ0v) is 4.81. The Morgan fingerprint density at radius 1 is 1.62 bits per heavy atom. The molecular formula is C5H3NOS. The van der Waals surface area contributed by atoms with E-state index in [0.29, 0.717) is 0 Å². The molecule has 2 aromatic heterocycles. The fourth-order valence-electron chi connectivity index (χ4n) is 0.610. The fourth-order valence-corrected chi connectivity index (χ4v) is 1.18. The lowest BCUT2D eigenvalue weighted by atomic mass is 10.6. The molecule has 2 heterocycles. The third-order valence-electron chi connectivity index (χ3n) is 0.978. The van der Waals surface area contributed by atoms with Gasteiger partial charge in [0.2, 0.25) is 0 Å². The topological polar surface area (TPSA) is 26.0 Å². The average molecular weight is 125 g/mol. The molecule has 0 saturated carbocycles. The van der Waals surface area contributed by atoms with Crippen LogP contribution in [0.5, 0.6) is 0 Å². The first-order chi connectivity index (χ1) is 3.97. The van der Waals surface area contributed by atoms with Gasteiger partial charge in [0, 0.05) is 0 Å². The Morgan fingerprint density at radius 3 is 3.50 bits per heavy atom. The Labute approximate surface area is 49.9 Å². The van der Waals surface area contributed by atoms with Crippen molar-refractivity contribution in [3.63, 3.8) is 0 Å². The molecule has 0 fully saturated rings. The van der Waals surface area contributed by atoms with Gasteiger partial charge < -0.3 is 4.42 Å². The molecule has 0 atom stereocenters. The van der Waals surface area contributed by atoms with Crippen LogP contribution >= 0.6 is 11.5 Å². The summed E-state index contributed by atoms with van der Waals surface area (Å²) in [4.78, 5) is 0. The van der Waals surface area contributed by atoms with Crippen molar-refractivity contribution in [2.24, 2.45) is 0 Å². The van der Waals surface area contributed by atoms with E-state index in [0.717, 1.165) is 10.3 Å². The molecule has 2 aromatic rings. The van der Waals surface area contributed by atoms with Crippen LogP contribution in [0.25, 0.3) is 10.3 Å². The molecule has 0 aliphatic rings. The minimum Gasteiger partial charge on any atom is -0.462 e. The molecule has 3 heteroatoms. The summed E-state index contributed by atoms with van der Waals surface area (Å²) in [6, 6.07) is 1.91. The van der Waals surface area contributed by atoms with Crippen LogP contribution in [0.15, 0.2) is 22.9 Å². The summed E-state index contributed by atoms with van der Waals surface area (Å²) in [5, 5.41) is 0. The van der Waals surface area contributed by atoms with Gasteiger partial charge >= 0.3 is 0 Å². The lowest BCUT2D eigenvalue weighted by Crippen LogP contribution is -1.41. The molecule has 8 heavy (non-hydrogen) atoms. The molecule has 0 radical (unpaired) electrons. The van der Waals surface area contributed by atoms with Crippen molar-refractivity contribution in [3.8, 4) is 0 Å². The Morgan fingerprint density at radius 2 is 2.62 bits per heavy atom. The van der Waals surface area contributed by atoms with Crippen LogP contribution in [0.3, 0.4) is 0 Å². The standard InChI is InChI=1S/C5H3NOS/c1-2-7-4-3-6-8-5(1)4/h1-3H. The van der Waals surface area contributed by atoms with Crippen molar-refractivity contribution in [1.29, 1.82) is 0 Å². The highest BCUT2D eigenvalue weighted by atomic mass is 32.1. The Hall–Kier alpha value is -0.830. The predicted molar refractivity (Wildman–Crippen MR) is 31.9 cm³/mol. The molecule has 0 saturated heterocycles. The van der Waals surface area contributed by atoms with Crippen molar-refractivity contribution < 1.29 is 4.42 Å². The number of nitrogens with zero attached hydrogens (tertiary/aromatic N) is 1. The lowest BCUT2D eigenvalue weighted by Gasteiger charge is -1.63. The molecule has 0 aromatic carbocycles. The first-order valence-corrected chi connectivity index (χ1v) is 3.02. The second-order valence-electron chi connectivity index (χ2n) is 1.47. The molecule has 40 valence electrons. The van der Waals surface area contributed by atoms with Crippen LogP contribution in [0, 0.1) is 0 Å². The van der Waals surface area contributed by atoms with E-state index in [2.05, 4.69) is 4.37 Å². The number of fused-ring (bicyclic) bond motifs is 1. The van der Waals surface area contributed by atoms with Gasteiger partial charge in [0.25, 0.3) is 0 Å². The van der Waals surface area contributed by atoms with Gasteiger partial charge in [-0.15, -0.1) is 0 Å². The van der Waals surface area contributed by atoms with Gasteiger partial charge in [-0.25, -0.2) is 0 Å². The third kappa shape index (κ3) is 0.391. The Kier molecular flexibility index (Phi) is 0.676. The number of furan rings is 1. The van der Waals surface area contributed by atoms with E-state index in [1.165, 1.54) is 11.5 Å². The van der Waals surface area contributed by atoms with Crippen LogP contribution in [0.2, 0.25) is 0 Å². The van der Waals surface area contributed by atoms with E-state index in [1.807, 2.05) is 6.07 Å². The van der Waals surface area contributed by atoms with E-state index < -0.39 is 0 Å². The number of rotatable bonds is 0. The summed E-state index contributed by atoms with van der Waals surface area (Å²) in [6.07, 6.45) is 3.39. The average Bonchev–Trinajstić information content (AvgIpc) is 2.15. The minimum absolute atomic E-state index is 0.884. The van der Waals surface area contributed by atoms with Crippen molar-refractivity contribution in [1.82, 2.24) is 4.37 Å². The van der Waals surface area contributed by atoms with Crippen molar-refractivity contribution >= 4 is 21.8 Å². The lowest BCUT2D eigenvalue weighted by molar-refractivity contribution is 0.615.